The summed E-state index contributed by atoms with van der Waals surface area (Å²) in [6, 6.07) is 6.28. The molecule has 0 aromatic heterocycles. The Morgan fingerprint density at radius 2 is 1.76 bits per heavy atom. The van der Waals surface area contributed by atoms with Gasteiger partial charge in [-0.25, -0.2) is 0 Å². The smallest absolute Gasteiger partial charge is 0.251 e. The van der Waals surface area contributed by atoms with E-state index in [2.05, 4.69) is 16.0 Å². The van der Waals surface area contributed by atoms with Crippen molar-refractivity contribution in [2.75, 3.05) is 11.9 Å². The minimum Gasteiger partial charge on any atom is -0.349 e. The van der Waals surface area contributed by atoms with Crippen LogP contribution in [0.15, 0.2) is 24.3 Å². The number of benzene rings is 1. The van der Waals surface area contributed by atoms with Gasteiger partial charge in [0.05, 0.1) is 12.6 Å². The largest absolute Gasteiger partial charge is 0.349 e. The second-order valence-corrected chi connectivity index (χ2v) is 6.36. The summed E-state index contributed by atoms with van der Waals surface area (Å²) in [5, 5.41) is 8.06. The molecule has 0 saturated heterocycles. The number of halogens is 1. The fourth-order valence-electron chi connectivity index (χ4n) is 1.99. The van der Waals surface area contributed by atoms with E-state index in [-0.39, 0.29) is 42.6 Å². The molecule has 2 rings (SSSR count). The third-order valence-corrected chi connectivity index (χ3v) is 3.79. The first kappa shape index (κ1) is 20.9. The SMILES string of the molecule is CC(C)[C@H](N)C(=O)NCC(=O)Nc1ccc(C(=O)NC2CC2)cc1.Cl. The van der Waals surface area contributed by atoms with Gasteiger partial charge in [-0.15, -0.1) is 12.4 Å². The zero-order valence-electron chi connectivity index (χ0n) is 14.4. The number of anilines is 1. The van der Waals surface area contributed by atoms with Gasteiger partial charge in [0.25, 0.3) is 5.91 Å². The van der Waals surface area contributed by atoms with Crippen molar-refractivity contribution in [3.8, 4) is 0 Å². The summed E-state index contributed by atoms with van der Waals surface area (Å²) in [6.45, 7) is 3.53. The average molecular weight is 369 g/mol. The van der Waals surface area contributed by atoms with E-state index < -0.39 is 6.04 Å². The third-order valence-electron chi connectivity index (χ3n) is 3.79. The first-order valence-electron chi connectivity index (χ1n) is 8.11. The molecule has 0 aliphatic heterocycles. The molecule has 1 aromatic carbocycles. The Morgan fingerprint density at radius 3 is 2.28 bits per heavy atom. The molecule has 1 aromatic rings. The fraction of sp³-hybridized carbons (Fsp3) is 0.471. The summed E-state index contributed by atoms with van der Waals surface area (Å²) in [5.74, 6) is -0.811. The molecule has 1 aliphatic carbocycles. The number of nitrogens with one attached hydrogen (secondary N) is 3. The Bertz CT molecular complexity index is 615. The quantitative estimate of drug-likeness (QED) is 0.575. The lowest BCUT2D eigenvalue weighted by atomic mass is 10.1. The van der Waals surface area contributed by atoms with Gasteiger partial charge in [0, 0.05) is 17.3 Å². The van der Waals surface area contributed by atoms with Crippen LogP contribution in [0.5, 0.6) is 0 Å². The van der Waals surface area contributed by atoms with Crippen LogP contribution < -0.4 is 21.7 Å². The highest BCUT2D eigenvalue weighted by Gasteiger charge is 2.23. The maximum absolute atomic E-state index is 11.9. The Hall–Kier alpha value is -2.12. The minimum absolute atomic E-state index is 0. The molecule has 7 nitrogen and oxygen atoms in total. The van der Waals surface area contributed by atoms with Gasteiger partial charge >= 0.3 is 0 Å². The van der Waals surface area contributed by atoms with Gasteiger partial charge in [-0.3, -0.25) is 14.4 Å². The van der Waals surface area contributed by atoms with Crippen molar-refractivity contribution >= 4 is 35.8 Å². The van der Waals surface area contributed by atoms with Crippen LogP contribution in [0.4, 0.5) is 5.69 Å². The maximum atomic E-state index is 11.9. The van der Waals surface area contributed by atoms with E-state index in [1.54, 1.807) is 24.3 Å². The molecule has 0 spiro atoms. The Morgan fingerprint density at radius 1 is 1.16 bits per heavy atom. The van der Waals surface area contributed by atoms with Crippen molar-refractivity contribution < 1.29 is 14.4 Å². The summed E-state index contributed by atoms with van der Waals surface area (Å²) in [7, 11) is 0. The number of carbonyl (C=O) groups excluding carboxylic acids is 3. The van der Waals surface area contributed by atoms with Gasteiger partial charge < -0.3 is 21.7 Å². The first-order valence-corrected chi connectivity index (χ1v) is 8.11. The molecule has 3 amide bonds. The zero-order chi connectivity index (χ0) is 17.7. The summed E-state index contributed by atoms with van der Waals surface area (Å²) in [5.41, 5.74) is 6.81. The summed E-state index contributed by atoms with van der Waals surface area (Å²) >= 11 is 0. The molecule has 1 saturated carbocycles. The van der Waals surface area contributed by atoms with E-state index in [0.717, 1.165) is 12.8 Å². The first-order chi connectivity index (χ1) is 11.4. The summed E-state index contributed by atoms with van der Waals surface area (Å²) < 4.78 is 0. The van der Waals surface area contributed by atoms with Crippen LogP contribution in [0, 0.1) is 5.92 Å². The van der Waals surface area contributed by atoms with E-state index in [1.165, 1.54) is 0 Å². The van der Waals surface area contributed by atoms with Crippen molar-refractivity contribution in [2.45, 2.75) is 38.8 Å². The number of nitrogens with two attached hydrogens (primary N) is 1. The van der Waals surface area contributed by atoms with Gasteiger partial charge in [0.1, 0.15) is 0 Å². The van der Waals surface area contributed by atoms with Crippen LogP contribution in [0.2, 0.25) is 0 Å². The standard InChI is InChI=1S/C17H24N4O3.ClH/c1-10(2)15(18)17(24)19-9-14(22)20-12-5-3-11(4-6-12)16(23)21-13-7-8-13;/h3-6,10,13,15H,7-9,18H2,1-2H3,(H,19,24)(H,20,22)(H,21,23);1H/t15-;/m0./s1. The highest BCUT2D eigenvalue weighted by Crippen LogP contribution is 2.19. The molecule has 138 valence electrons. The molecule has 0 bridgehead atoms. The average Bonchev–Trinajstić information content (AvgIpc) is 3.36. The molecule has 8 heteroatoms. The van der Waals surface area contributed by atoms with E-state index in [9.17, 15) is 14.4 Å². The minimum atomic E-state index is -0.637. The van der Waals surface area contributed by atoms with E-state index in [1.807, 2.05) is 13.8 Å². The van der Waals surface area contributed by atoms with Gasteiger partial charge in [0.2, 0.25) is 11.8 Å². The monoisotopic (exact) mass is 368 g/mol. The second-order valence-electron chi connectivity index (χ2n) is 6.36. The number of carbonyl (C=O) groups is 3. The third kappa shape index (κ3) is 6.72. The van der Waals surface area contributed by atoms with E-state index in [4.69, 9.17) is 5.73 Å². The fourth-order valence-corrected chi connectivity index (χ4v) is 1.99. The van der Waals surface area contributed by atoms with Crippen LogP contribution in [0.3, 0.4) is 0 Å². The predicted octanol–water partition coefficient (Wildman–Crippen LogP) is 1.04. The summed E-state index contributed by atoms with van der Waals surface area (Å²) in [4.78, 5) is 35.4. The lowest BCUT2D eigenvalue weighted by Gasteiger charge is -2.15. The topological polar surface area (TPSA) is 113 Å². The molecule has 5 N–H and O–H groups in total. The molecule has 1 aliphatic rings. The Balaban J connectivity index is 0.00000312. The van der Waals surface area contributed by atoms with Crippen LogP contribution in [-0.2, 0) is 9.59 Å². The van der Waals surface area contributed by atoms with Crippen molar-refractivity contribution in [3.63, 3.8) is 0 Å². The normalized spacial score (nSPS) is 14.2. The van der Waals surface area contributed by atoms with Crippen LogP contribution >= 0.6 is 12.4 Å². The molecule has 1 atom stereocenters. The second kappa shape index (κ2) is 9.39. The maximum Gasteiger partial charge on any atom is 0.251 e. The summed E-state index contributed by atoms with van der Waals surface area (Å²) in [6.07, 6.45) is 2.07. The van der Waals surface area contributed by atoms with Gasteiger partial charge in [-0.05, 0) is 43.0 Å². The lowest BCUT2D eigenvalue weighted by Crippen LogP contribution is -2.46. The Kier molecular flexibility index (Phi) is 7.86. The van der Waals surface area contributed by atoms with Crippen molar-refractivity contribution in [1.29, 1.82) is 0 Å². The Labute approximate surface area is 153 Å². The number of amides is 3. The predicted molar refractivity (Wildman–Crippen MR) is 98.6 cm³/mol. The van der Waals surface area contributed by atoms with Crippen molar-refractivity contribution in [3.05, 3.63) is 29.8 Å². The molecule has 0 heterocycles. The number of hydrogen-bond acceptors (Lipinski definition) is 4. The van der Waals surface area contributed by atoms with Crippen LogP contribution in [0.25, 0.3) is 0 Å². The number of hydrogen-bond donors (Lipinski definition) is 4. The molecule has 0 radical (unpaired) electrons. The van der Waals surface area contributed by atoms with E-state index >= 15 is 0 Å². The van der Waals surface area contributed by atoms with Crippen LogP contribution in [0.1, 0.15) is 37.0 Å². The lowest BCUT2D eigenvalue weighted by molar-refractivity contribution is -0.125. The molecular formula is C17H25ClN4O3. The van der Waals surface area contributed by atoms with Crippen molar-refractivity contribution in [2.24, 2.45) is 11.7 Å². The van der Waals surface area contributed by atoms with Crippen LogP contribution in [-0.4, -0.2) is 36.3 Å². The van der Waals surface area contributed by atoms with Gasteiger partial charge in [-0.1, -0.05) is 13.8 Å². The van der Waals surface area contributed by atoms with Gasteiger partial charge in [0.15, 0.2) is 0 Å². The highest BCUT2D eigenvalue weighted by atomic mass is 35.5. The number of rotatable bonds is 7. The molecular weight excluding hydrogens is 344 g/mol. The highest BCUT2D eigenvalue weighted by molar-refractivity contribution is 5.97. The molecule has 1 fully saturated rings. The van der Waals surface area contributed by atoms with Gasteiger partial charge in [-0.2, -0.15) is 0 Å². The zero-order valence-corrected chi connectivity index (χ0v) is 15.2. The van der Waals surface area contributed by atoms with E-state index in [0.29, 0.717) is 17.3 Å². The molecule has 0 unspecified atom stereocenters. The van der Waals surface area contributed by atoms with Crippen molar-refractivity contribution in [1.82, 2.24) is 10.6 Å². The molecule has 25 heavy (non-hydrogen) atoms.